The molecule has 0 saturated carbocycles. The van der Waals surface area contributed by atoms with Gasteiger partial charge in [0.15, 0.2) is 6.61 Å². The van der Waals surface area contributed by atoms with Crippen molar-refractivity contribution in [3.8, 4) is 5.75 Å². The molecule has 6 heteroatoms. The molecule has 1 atom stereocenters. The van der Waals surface area contributed by atoms with Crippen molar-refractivity contribution in [1.29, 1.82) is 0 Å². The van der Waals surface area contributed by atoms with Crippen molar-refractivity contribution in [2.75, 3.05) is 6.61 Å². The Morgan fingerprint density at radius 1 is 1.15 bits per heavy atom. The first-order valence-electron chi connectivity index (χ1n) is 8.86. The van der Waals surface area contributed by atoms with Crippen LogP contribution < -0.4 is 15.8 Å². The zero-order valence-corrected chi connectivity index (χ0v) is 16.1. The third kappa shape index (κ3) is 5.88. The molecule has 1 aromatic heterocycles. The summed E-state index contributed by atoms with van der Waals surface area (Å²) in [6, 6.07) is 11.1. The van der Waals surface area contributed by atoms with E-state index in [0.717, 1.165) is 18.4 Å². The highest BCUT2D eigenvalue weighted by molar-refractivity contribution is 7.10. The van der Waals surface area contributed by atoms with Crippen LogP contribution in [0.5, 0.6) is 5.75 Å². The predicted octanol–water partition coefficient (Wildman–Crippen LogP) is 3.45. The van der Waals surface area contributed by atoms with Crippen LogP contribution in [0.1, 0.15) is 43.2 Å². The summed E-state index contributed by atoms with van der Waals surface area (Å²) < 4.78 is 5.57. The molecule has 0 spiro atoms. The number of thiophene rings is 1. The van der Waals surface area contributed by atoms with E-state index in [2.05, 4.69) is 25.2 Å². The van der Waals surface area contributed by atoms with Crippen molar-refractivity contribution < 1.29 is 14.3 Å². The van der Waals surface area contributed by atoms with Crippen molar-refractivity contribution in [2.24, 2.45) is 11.7 Å². The zero-order valence-electron chi connectivity index (χ0n) is 15.2. The lowest BCUT2D eigenvalue weighted by Crippen LogP contribution is -2.36. The molecule has 1 aromatic carbocycles. The monoisotopic (exact) mass is 374 g/mol. The first kappa shape index (κ1) is 20.0. The lowest BCUT2D eigenvalue weighted by Gasteiger charge is -2.25. The topological polar surface area (TPSA) is 81.4 Å². The SMILES string of the molecule is CCC(CC)C(NC(=O)COc1ccc(CC(N)=O)cc1)c1cccs1. The fourth-order valence-corrected chi connectivity index (χ4v) is 3.79. The quantitative estimate of drug-likeness (QED) is 0.668. The minimum atomic E-state index is -0.376. The Morgan fingerprint density at radius 3 is 2.38 bits per heavy atom. The van der Waals surface area contributed by atoms with Crippen LogP contribution in [0.4, 0.5) is 0 Å². The fourth-order valence-electron chi connectivity index (χ4n) is 2.92. The Labute approximate surface area is 158 Å². The van der Waals surface area contributed by atoms with E-state index in [1.54, 1.807) is 35.6 Å². The number of ether oxygens (including phenoxy) is 1. The second-order valence-corrected chi connectivity index (χ2v) is 7.19. The van der Waals surface area contributed by atoms with E-state index >= 15 is 0 Å². The summed E-state index contributed by atoms with van der Waals surface area (Å²) in [6.45, 7) is 4.24. The van der Waals surface area contributed by atoms with Crippen LogP contribution >= 0.6 is 11.3 Å². The molecule has 0 aliphatic rings. The lowest BCUT2D eigenvalue weighted by atomic mass is 9.93. The minimum absolute atomic E-state index is 0.0130. The van der Waals surface area contributed by atoms with E-state index in [9.17, 15) is 9.59 Å². The molecule has 26 heavy (non-hydrogen) atoms. The number of hydrogen-bond acceptors (Lipinski definition) is 4. The number of nitrogens with one attached hydrogen (secondary N) is 1. The number of benzene rings is 1. The smallest absolute Gasteiger partial charge is 0.258 e. The van der Waals surface area contributed by atoms with Crippen LogP contribution in [-0.2, 0) is 16.0 Å². The fraction of sp³-hybridized carbons (Fsp3) is 0.400. The Balaban J connectivity index is 1.92. The normalized spacial score (nSPS) is 12.0. The predicted molar refractivity (Wildman–Crippen MR) is 104 cm³/mol. The Bertz CT molecular complexity index is 694. The average molecular weight is 375 g/mol. The molecule has 0 aliphatic carbocycles. The van der Waals surface area contributed by atoms with Crippen LogP contribution in [0.25, 0.3) is 0 Å². The summed E-state index contributed by atoms with van der Waals surface area (Å²) in [5.41, 5.74) is 5.99. The number of rotatable bonds is 10. The van der Waals surface area contributed by atoms with Gasteiger partial charge in [0.25, 0.3) is 5.91 Å². The molecule has 0 fully saturated rings. The molecule has 3 N–H and O–H groups in total. The highest BCUT2D eigenvalue weighted by Crippen LogP contribution is 2.30. The summed E-state index contributed by atoms with van der Waals surface area (Å²) in [5.74, 6) is 0.463. The average Bonchev–Trinajstić information content (AvgIpc) is 3.15. The molecule has 1 unspecified atom stereocenters. The van der Waals surface area contributed by atoms with Gasteiger partial charge in [0.1, 0.15) is 5.75 Å². The molecular weight excluding hydrogens is 348 g/mol. The van der Waals surface area contributed by atoms with E-state index in [4.69, 9.17) is 10.5 Å². The number of carbonyl (C=O) groups is 2. The maximum Gasteiger partial charge on any atom is 0.258 e. The molecule has 5 nitrogen and oxygen atoms in total. The van der Waals surface area contributed by atoms with Crippen LogP contribution in [-0.4, -0.2) is 18.4 Å². The summed E-state index contributed by atoms with van der Waals surface area (Å²) in [6.07, 6.45) is 2.20. The van der Waals surface area contributed by atoms with Crippen LogP contribution in [0.2, 0.25) is 0 Å². The van der Waals surface area contributed by atoms with E-state index in [1.165, 1.54) is 4.88 Å². The van der Waals surface area contributed by atoms with Gasteiger partial charge in [0.2, 0.25) is 5.91 Å². The van der Waals surface area contributed by atoms with Crippen LogP contribution in [0.15, 0.2) is 41.8 Å². The molecule has 0 saturated heterocycles. The highest BCUT2D eigenvalue weighted by Gasteiger charge is 2.23. The van der Waals surface area contributed by atoms with Gasteiger partial charge in [0.05, 0.1) is 12.5 Å². The molecule has 1 heterocycles. The number of nitrogens with two attached hydrogens (primary N) is 1. The van der Waals surface area contributed by atoms with Gasteiger partial charge >= 0.3 is 0 Å². The van der Waals surface area contributed by atoms with Crippen molar-refractivity contribution in [3.63, 3.8) is 0 Å². The largest absolute Gasteiger partial charge is 0.484 e. The minimum Gasteiger partial charge on any atom is -0.484 e. The van der Waals surface area contributed by atoms with Crippen molar-refractivity contribution in [2.45, 2.75) is 39.2 Å². The van der Waals surface area contributed by atoms with E-state index in [0.29, 0.717) is 11.7 Å². The third-order valence-electron chi connectivity index (χ3n) is 4.36. The standard InChI is InChI=1S/C20H26N2O3S/c1-3-15(4-2)20(17-6-5-11-26-17)22-19(24)13-25-16-9-7-14(8-10-16)12-18(21)23/h5-11,15,20H,3-4,12-13H2,1-2H3,(H2,21,23)(H,22,24). The highest BCUT2D eigenvalue weighted by atomic mass is 32.1. The first-order valence-corrected chi connectivity index (χ1v) is 9.74. The van der Waals surface area contributed by atoms with Gasteiger partial charge < -0.3 is 15.8 Å². The van der Waals surface area contributed by atoms with Gasteiger partial charge in [-0.3, -0.25) is 9.59 Å². The van der Waals surface area contributed by atoms with Crippen molar-refractivity contribution >= 4 is 23.2 Å². The van der Waals surface area contributed by atoms with E-state index in [1.807, 2.05) is 11.4 Å². The molecule has 2 aromatic rings. The Hall–Kier alpha value is -2.34. The van der Waals surface area contributed by atoms with Crippen LogP contribution in [0.3, 0.4) is 0 Å². The third-order valence-corrected chi connectivity index (χ3v) is 5.31. The second-order valence-electron chi connectivity index (χ2n) is 6.21. The number of hydrogen-bond donors (Lipinski definition) is 2. The van der Waals surface area contributed by atoms with Gasteiger partial charge in [-0.1, -0.05) is 44.9 Å². The van der Waals surface area contributed by atoms with E-state index < -0.39 is 0 Å². The lowest BCUT2D eigenvalue weighted by molar-refractivity contribution is -0.124. The summed E-state index contributed by atoms with van der Waals surface area (Å²) in [7, 11) is 0. The first-order chi connectivity index (χ1) is 12.5. The number of amides is 2. The maximum atomic E-state index is 12.4. The molecule has 0 aliphatic heterocycles. The summed E-state index contributed by atoms with van der Waals surface area (Å²) in [4.78, 5) is 24.5. The molecule has 2 amide bonds. The number of primary amides is 1. The summed E-state index contributed by atoms with van der Waals surface area (Å²) in [5, 5.41) is 5.14. The molecule has 2 rings (SSSR count). The van der Waals surface area contributed by atoms with Gasteiger partial charge in [-0.15, -0.1) is 11.3 Å². The zero-order chi connectivity index (χ0) is 18.9. The number of carbonyl (C=O) groups excluding carboxylic acids is 2. The van der Waals surface area contributed by atoms with Gasteiger partial charge in [-0.05, 0) is 35.1 Å². The van der Waals surface area contributed by atoms with Gasteiger partial charge in [-0.25, -0.2) is 0 Å². The molecule has 0 bridgehead atoms. The van der Waals surface area contributed by atoms with Crippen LogP contribution in [0, 0.1) is 5.92 Å². The maximum absolute atomic E-state index is 12.4. The molecule has 0 radical (unpaired) electrons. The van der Waals surface area contributed by atoms with Gasteiger partial charge in [0, 0.05) is 4.88 Å². The molecular formula is C20H26N2O3S. The van der Waals surface area contributed by atoms with Crippen molar-refractivity contribution in [3.05, 3.63) is 52.2 Å². The Morgan fingerprint density at radius 2 is 1.85 bits per heavy atom. The van der Waals surface area contributed by atoms with Crippen molar-refractivity contribution in [1.82, 2.24) is 5.32 Å². The second kappa shape index (κ2) is 9.97. The molecule has 140 valence electrons. The Kier molecular flexibility index (Phi) is 7.66. The summed E-state index contributed by atoms with van der Waals surface area (Å²) >= 11 is 1.66. The van der Waals surface area contributed by atoms with Gasteiger partial charge in [-0.2, -0.15) is 0 Å². The van der Waals surface area contributed by atoms with E-state index in [-0.39, 0.29) is 30.9 Å².